The molecule has 3 rings (SSSR count). The summed E-state index contributed by atoms with van der Waals surface area (Å²) in [6, 6.07) is 9.66. The van der Waals surface area contributed by atoms with Crippen LogP contribution in [-0.4, -0.2) is 35.2 Å². The quantitative estimate of drug-likeness (QED) is 0.875. The third-order valence-corrected chi connectivity index (χ3v) is 5.82. The van der Waals surface area contributed by atoms with Gasteiger partial charge in [0.25, 0.3) is 0 Å². The summed E-state index contributed by atoms with van der Waals surface area (Å²) in [4.78, 5) is 2.75. The Hall–Kier alpha value is -0.900. The third kappa shape index (κ3) is 4.56. The van der Waals surface area contributed by atoms with E-state index in [0.29, 0.717) is 6.04 Å². The summed E-state index contributed by atoms with van der Waals surface area (Å²) < 4.78 is 0. The van der Waals surface area contributed by atoms with Crippen LogP contribution in [0.5, 0.6) is 0 Å². The molecule has 1 aromatic carbocycles. The van der Waals surface area contributed by atoms with Gasteiger partial charge in [-0.3, -0.25) is 0 Å². The van der Waals surface area contributed by atoms with Crippen molar-refractivity contribution in [3.8, 4) is 0 Å². The van der Waals surface area contributed by atoms with Crippen molar-refractivity contribution >= 4 is 0 Å². The zero-order valence-corrected chi connectivity index (χ0v) is 14.5. The lowest BCUT2D eigenvalue weighted by Gasteiger charge is -2.41. The number of hydrogen-bond acceptors (Lipinski definition) is 3. The summed E-state index contributed by atoms with van der Waals surface area (Å²) in [7, 11) is 0. The number of nitrogens with one attached hydrogen (secondary N) is 1. The number of piperidine rings is 1. The monoisotopic (exact) mass is 316 g/mol. The van der Waals surface area contributed by atoms with Crippen LogP contribution in [0.3, 0.4) is 0 Å². The molecule has 23 heavy (non-hydrogen) atoms. The van der Waals surface area contributed by atoms with Crippen molar-refractivity contribution < 1.29 is 5.11 Å². The van der Waals surface area contributed by atoms with E-state index in [1.165, 1.54) is 57.2 Å². The van der Waals surface area contributed by atoms with Gasteiger partial charge in [-0.1, -0.05) is 44.0 Å². The van der Waals surface area contributed by atoms with Crippen LogP contribution in [0.1, 0.15) is 56.6 Å². The van der Waals surface area contributed by atoms with Crippen molar-refractivity contribution in [3.63, 3.8) is 0 Å². The van der Waals surface area contributed by atoms with Crippen molar-refractivity contribution in [2.24, 2.45) is 5.92 Å². The molecule has 2 N–H and O–H groups in total. The number of rotatable bonds is 5. The average Bonchev–Trinajstić information content (AvgIpc) is 2.60. The fourth-order valence-corrected chi connectivity index (χ4v) is 4.34. The Labute approximate surface area is 141 Å². The maximum absolute atomic E-state index is 9.42. The van der Waals surface area contributed by atoms with Gasteiger partial charge in [0.1, 0.15) is 0 Å². The molecule has 1 aromatic rings. The van der Waals surface area contributed by atoms with Crippen LogP contribution in [-0.2, 0) is 13.2 Å². The fraction of sp³-hybridized carbons (Fsp3) is 0.700. The topological polar surface area (TPSA) is 35.5 Å². The Balaban J connectivity index is 1.44. The Morgan fingerprint density at radius 1 is 1.09 bits per heavy atom. The molecule has 2 atom stereocenters. The predicted octanol–water partition coefficient (Wildman–Crippen LogP) is 3.31. The van der Waals surface area contributed by atoms with Gasteiger partial charge in [-0.2, -0.15) is 0 Å². The highest BCUT2D eigenvalue weighted by Gasteiger charge is 2.28. The SMILES string of the molecule is CC1CCCC(N2CCC(NCc3ccccc3CO)CC2)C1. The van der Waals surface area contributed by atoms with Crippen LogP contribution in [0.2, 0.25) is 0 Å². The van der Waals surface area contributed by atoms with Gasteiger partial charge in [-0.25, -0.2) is 0 Å². The van der Waals surface area contributed by atoms with Gasteiger partial charge in [-0.05, 0) is 55.8 Å². The Kier molecular flexibility index (Phi) is 6.09. The van der Waals surface area contributed by atoms with Crippen molar-refractivity contribution in [2.75, 3.05) is 13.1 Å². The average molecular weight is 316 g/mol. The lowest BCUT2D eigenvalue weighted by Crippen LogP contribution is -2.47. The van der Waals surface area contributed by atoms with E-state index in [4.69, 9.17) is 0 Å². The van der Waals surface area contributed by atoms with Crippen molar-refractivity contribution in [2.45, 2.75) is 70.7 Å². The number of aliphatic hydroxyl groups excluding tert-OH is 1. The second-order valence-electron chi connectivity index (χ2n) is 7.54. The van der Waals surface area contributed by atoms with Crippen LogP contribution in [0.4, 0.5) is 0 Å². The van der Waals surface area contributed by atoms with E-state index in [1.807, 2.05) is 12.1 Å². The molecular weight excluding hydrogens is 284 g/mol. The summed E-state index contributed by atoms with van der Waals surface area (Å²) in [6.07, 6.45) is 8.17. The van der Waals surface area contributed by atoms with E-state index >= 15 is 0 Å². The minimum atomic E-state index is 0.135. The van der Waals surface area contributed by atoms with Crippen molar-refractivity contribution in [1.29, 1.82) is 0 Å². The number of aliphatic hydroxyl groups is 1. The van der Waals surface area contributed by atoms with E-state index in [2.05, 4.69) is 29.3 Å². The van der Waals surface area contributed by atoms with Crippen LogP contribution in [0.15, 0.2) is 24.3 Å². The maximum atomic E-state index is 9.42. The molecule has 0 spiro atoms. The molecule has 1 saturated carbocycles. The second-order valence-corrected chi connectivity index (χ2v) is 7.54. The molecule has 128 valence electrons. The van der Waals surface area contributed by atoms with Crippen LogP contribution < -0.4 is 5.32 Å². The van der Waals surface area contributed by atoms with Gasteiger partial charge in [0.05, 0.1) is 6.61 Å². The summed E-state index contributed by atoms with van der Waals surface area (Å²) in [6.45, 7) is 5.92. The molecule has 1 saturated heterocycles. The van der Waals surface area contributed by atoms with E-state index in [-0.39, 0.29) is 6.61 Å². The van der Waals surface area contributed by atoms with E-state index < -0.39 is 0 Å². The van der Waals surface area contributed by atoms with E-state index in [1.54, 1.807) is 0 Å². The molecule has 3 nitrogen and oxygen atoms in total. The molecule has 0 radical (unpaired) electrons. The van der Waals surface area contributed by atoms with Crippen molar-refractivity contribution in [3.05, 3.63) is 35.4 Å². The molecule has 1 aliphatic heterocycles. The fourth-order valence-electron chi connectivity index (χ4n) is 4.34. The first-order valence-electron chi connectivity index (χ1n) is 9.41. The van der Waals surface area contributed by atoms with Gasteiger partial charge in [0.15, 0.2) is 0 Å². The molecule has 1 aliphatic carbocycles. The zero-order chi connectivity index (χ0) is 16.1. The number of hydrogen-bond donors (Lipinski definition) is 2. The molecule has 1 heterocycles. The normalized spacial score (nSPS) is 27.2. The number of nitrogens with zero attached hydrogens (tertiary/aromatic N) is 1. The lowest BCUT2D eigenvalue weighted by molar-refractivity contribution is 0.100. The standard InChI is InChI=1S/C20H32N2O/c1-16-5-4-8-20(13-16)22-11-9-19(10-12-22)21-14-17-6-2-3-7-18(17)15-23/h2-3,6-7,16,19-21,23H,4-5,8-15H2,1H3. The molecule has 2 aliphatic rings. The third-order valence-electron chi connectivity index (χ3n) is 5.82. The highest BCUT2D eigenvalue weighted by atomic mass is 16.3. The van der Waals surface area contributed by atoms with Crippen LogP contribution >= 0.6 is 0 Å². The van der Waals surface area contributed by atoms with Gasteiger partial charge in [0, 0.05) is 18.6 Å². The highest BCUT2D eigenvalue weighted by Crippen LogP contribution is 2.29. The number of likely N-dealkylation sites (tertiary alicyclic amines) is 1. The first-order chi connectivity index (χ1) is 11.3. The summed E-state index contributed by atoms with van der Waals surface area (Å²) in [5.74, 6) is 0.916. The zero-order valence-electron chi connectivity index (χ0n) is 14.5. The van der Waals surface area contributed by atoms with E-state index in [0.717, 1.165) is 24.1 Å². The van der Waals surface area contributed by atoms with Gasteiger partial charge in [0.2, 0.25) is 0 Å². The molecule has 0 aromatic heterocycles. The largest absolute Gasteiger partial charge is 0.392 e. The van der Waals surface area contributed by atoms with Gasteiger partial charge in [-0.15, -0.1) is 0 Å². The Morgan fingerprint density at radius 3 is 2.52 bits per heavy atom. The van der Waals surface area contributed by atoms with Crippen molar-refractivity contribution in [1.82, 2.24) is 10.2 Å². The van der Waals surface area contributed by atoms with E-state index in [9.17, 15) is 5.11 Å². The van der Waals surface area contributed by atoms with Crippen LogP contribution in [0, 0.1) is 5.92 Å². The summed E-state index contributed by atoms with van der Waals surface area (Å²) in [5.41, 5.74) is 2.28. The number of benzene rings is 1. The molecule has 0 amide bonds. The molecule has 3 heteroatoms. The molecule has 2 unspecified atom stereocenters. The first kappa shape index (κ1) is 16.9. The Bertz CT molecular complexity index is 482. The minimum Gasteiger partial charge on any atom is -0.392 e. The smallest absolute Gasteiger partial charge is 0.0685 e. The second kappa shape index (κ2) is 8.27. The molecule has 2 fully saturated rings. The lowest BCUT2D eigenvalue weighted by atomic mass is 9.85. The van der Waals surface area contributed by atoms with Gasteiger partial charge >= 0.3 is 0 Å². The maximum Gasteiger partial charge on any atom is 0.0685 e. The highest BCUT2D eigenvalue weighted by molar-refractivity contribution is 5.26. The molecular formula is C20H32N2O. The van der Waals surface area contributed by atoms with Gasteiger partial charge < -0.3 is 15.3 Å². The summed E-state index contributed by atoms with van der Waals surface area (Å²) in [5, 5.41) is 13.1. The molecule has 0 bridgehead atoms. The Morgan fingerprint density at radius 2 is 1.83 bits per heavy atom. The first-order valence-corrected chi connectivity index (χ1v) is 9.41. The predicted molar refractivity (Wildman–Crippen MR) is 95.2 cm³/mol. The minimum absolute atomic E-state index is 0.135. The summed E-state index contributed by atoms with van der Waals surface area (Å²) >= 11 is 0. The van der Waals surface area contributed by atoms with Crippen LogP contribution in [0.25, 0.3) is 0 Å².